The van der Waals surface area contributed by atoms with Gasteiger partial charge in [0.15, 0.2) is 0 Å². The molecular formula is C14H21ClN2O2S. The van der Waals surface area contributed by atoms with Crippen molar-refractivity contribution in [2.75, 3.05) is 13.6 Å². The first-order valence-electron chi connectivity index (χ1n) is 6.71. The van der Waals surface area contributed by atoms with Crippen LogP contribution in [0.25, 0.3) is 0 Å². The van der Waals surface area contributed by atoms with Crippen molar-refractivity contribution in [1.82, 2.24) is 10.2 Å². The molecule has 0 fully saturated rings. The summed E-state index contributed by atoms with van der Waals surface area (Å²) < 4.78 is 0.749. The third-order valence-electron chi connectivity index (χ3n) is 2.89. The molecule has 112 valence electrons. The van der Waals surface area contributed by atoms with Crippen molar-refractivity contribution in [2.24, 2.45) is 0 Å². The van der Waals surface area contributed by atoms with E-state index in [2.05, 4.69) is 5.32 Å². The van der Waals surface area contributed by atoms with Crippen LogP contribution in [0, 0.1) is 0 Å². The van der Waals surface area contributed by atoms with Crippen LogP contribution in [-0.2, 0) is 16.1 Å². The first kappa shape index (κ1) is 17.0. The predicted octanol–water partition coefficient (Wildman–Crippen LogP) is 3.06. The van der Waals surface area contributed by atoms with Gasteiger partial charge < -0.3 is 10.2 Å². The summed E-state index contributed by atoms with van der Waals surface area (Å²) in [5.41, 5.74) is 0. The zero-order valence-electron chi connectivity index (χ0n) is 11.9. The van der Waals surface area contributed by atoms with Gasteiger partial charge >= 0.3 is 0 Å². The van der Waals surface area contributed by atoms with Crippen molar-refractivity contribution in [3.05, 3.63) is 21.3 Å². The average Bonchev–Trinajstić information content (AvgIpc) is 2.78. The van der Waals surface area contributed by atoms with Crippen LogP contribution >= 0.6 is 22.9 Å². The SMILES string of the molecule is CC(=O)NCCCCCC(=O)N(C)Cc1ccc(Cl)s1. The molecule has 2 amide bonds. The van der Waals surface area contributed by atoms with E-state index in [9.17, 15) is 9.59 Å². The Labute approximate surface area is 129 Å². The van der Waals surface area contributed by atoms with Crippen LogP contribution in [0.1, 0.15) is 37.5 Å². The summed E-state index contributed by atoms with van der Waals surface area (Å²) in [7, 11) is 1.81. The van der Waals surface area contributed by atoms with E-state index in [0.717, 1.165) is 28.5 Å². The van der Waals surface area contributed by atoms with Crippen LogP contribution in [0.15, 0.2) is 12.1 Å². The molecule has 1 N–H and O–H groups in total. The van der Waals surface area contributed by atoms with Crippen LogP contribution in [0.3, 0.4) is 0 Å². The largest absolute Gasteiger partial charge is 0.356 e. The van der Waals surface area contributed by atoms with E-state index in [0.29, 0.717) is 19.5 Å². The fraction of sp³-hybridized carbons (Fsp3) is 0.571. The number of hydrogen-bond donors (Lipinski definition) is 1. The fourth-order valence-electron chi connectivity index (χ4n) is 1.79. The third-order valence-corrected chi connectivity index (χ3v) is 4.10. The highest BCUT2D eigenvalue weighted by Gasteiger charge is 2.10. The lowest BCUT2D eigenvalue weighted by molar-refractivity contribution is -0.130. The molecule has 0 unspecified atom stereocenters. The van der Waals surface area contributed by atoms with Gasteiger partial charge in [0.2, 0.25) is 11.8 Å². The first-order chi connectivity index (χ1) is 9.49. The van der Waals surface area contributed by atoms with Gasteiger partial charge in [-0.1, -0.05) is 18.0 Å². The minimum atomic E-state index is -0.00424. The molecule has 4 nitrogen and oxygen atoms in total. The van der Waals surface area contributed by atoms with Gasteiger partial charge in [0.05, 0.1) is 10.9 Å². The van der Waals surface area contributed by atoms with Crippen LogP contribution in [0.5, 0.6) is 0 Å². The molecule has 0 radical (unpaired) electrons. The zero-order chi connectivity index (χ0) is 15.0. The van der Waals surface area contributed by atoms with Gasteiger partial charge in [-0.05, 0) is 25.0 Å². The molecule has 0 aliphatic rings. The van der Waals surface area contributed by atoms with Crippen molar-refractivity contribution >= 4 is 34.8 Å². The van der Waals surface area contributed by atoms with E-state index in [4.69, 9.17) is 11.6 Å². The Morgan fingerprint density at radius 3 is 2.65 bits per heavy atom. The number of thiophene rings is 1. The number of rotatable bonds is 8. The summed E-state index contributed by atoms with van der Waals surface area (Å²) in [6.07, 6.45) is 3.27. The van der Waals surface area contributed by atoms with E-state index < -0.39 is 0 Å². The molecule has 6 heteroatoms. The number of hydrogen-bond acceptors (Lipinski definition) is 3. The van der Waals surface area contributed by atoms with Gasteiger partial charge in [-0.3, -0.25) is 9.59 Å². The van der Waals surface area contributed by atoms with Gasteiger partial charge in [-0.15, -0.1) is 11.3 Å². The molecule has 0 aliphatic heterocycles. The molecule has 0 aliphatic carbocycles. The lowest BCUT2D eigenvalue weighted by Gasteiger charge is -2.16. The van der Waals surface area contributed by atoms with E-state index in [1.54, 1.807) is 4.90 Å². The zero-order valence-corrected chi connectivity index (χ0v) is 13.5. The second-order valence-electron chi connectivity index (χ2n) is 4.75. The van der Waals surface area contributed by atoms with Crippen molar-refractivity contribution in [3.8, 4) is 0 Å². The monoisotopic (exact) mass is 316 g/mol. The maximum absolute atomic E-state index is 11.9. The molecule has 0 saturated carbocycles. The number of halogens is 1. The van der Waals surface area contributed by atoms with E-state index in [1.807, 2.05) is 19.2 Å². The minimum Gasteiger partial charge on any atom is -0.356 e. The Morgan fingerprint density at radius 1 is 1.30 bits per heavy atom. The third kappa shape index (κ3) is 6.91. The maximum Gasteiger partial charge on any atom is 0.222 e. The van der Waals surface area contributed by atoms with Crippen molar-refractivity contribution < 1.29 is 9.59 Å². The maximum atomic E-state index is 11.9. The Hall–Kier alpha value is -1.07. The summed E-state index contributed by atoms with van der Waals surface area (Å²) in [4.78, 5) is 25.4. The molecule has 1 aromatic rings. The summed E-state index contributed by atoms with van der Waals surface area (Å²) in [6, 6.07) is 3.80. The number of nitrogens with one attached hydrogen (secondary N) is 1. The first-order valence-corrected chi connectivity index (χ1v) is 7.91. The Morgan fingerprint density at radius 2 is 2.05 bits per heavy atom. The summed E-state index contributed by atoms with van der Waals surface area (Å²) >= 11 is 7.37. The van der Waals surface area contributed by atoms with Gasteiger partial charge in [0.1, 0.15) is 0 Å². The number of carbonyl (C=O) groups excluding carboxylic acids is 2. The molecule has 1 heterocycles. The highest BCUT2D eigenvalue weighted by atomic mass is 35.5. The number of amides is 2. The molecule has 1 aromatic heterocycles. The van der Waals surface area contributed by atoms with Crippen LogP contribution in [-0.4, -0.2) is 30.3 Å². The van der Waals surface area contributed by atoms with E-state index in [-0.39, 0.29) is 11.8 Å². The second kappa shape index (κ2) is 8.97. The van der Waals surface area contributed by atoms with E-state index >= 15 is 0 Å². The van der Waals surface area contributed by atoms with E-state index in [1.165, 1.54) is 18.3 Å². The van der Waals surface area contributed by atoms with Crippen molar-refractivity contribution in [2.45, 2.75) is 39.2 Å². The minimum absolute atomic E-state index is 0.00424. The number of nitrogens with zero attached hydrogens (tertiary/aromatic N) is 1. The Bertz CT molecular complexity index is 448. The molecule has 0 atom stereocenters. The lowest BCUT2D eigenvalue weighted by atomic mass is 10.2. The fourth-order valence-corrected chi connectivity index (χ4v) is 2.93. The molecule has 0 spiro atoms. The van der Waals surface area contributed by atoms with Gasteiger partial charge in [0.25, 0.3) is 0 Å². The smallest absolute Gasteiger partial charge is 0.222 e. The van der Waals surface area contributed by atoms with Gasteiger partial charge in [0, 0.05) is 31.8 Å². The summed E-state index contributed by atoms with van der Waals surface area (Å²) in [6.45, 7) is 2.81. The molecule has 20 heavy (non-hydrogen) atoms. The Kier molecular flexibility index (Phi) is 7.62. The Balaban J connectivity index is 2.14. The van der Waals surface area contributed by atoms with Crippen LogP contribution in [0.4, 0.5) is 0 Å². The number of carbonyl (C=O) groups is 2. The standard InChI is InChI=1S/C14H21ClN2O2S/c1-11(18)16-9-5-3-4-6-14(19)17(2)10-12-7-8-13(15)20-12/h7-8H,3-6,9-10H2,1-2H3,(H,16,18). The topological polar surface area (TPSA) is 49.4 Å². The highest BCUT2D eigenvalue weighted by Crippen LogP contribution is 2.22. The summed E-state index contributed by atoms with van der Waals surface area (Å²) in [5.74, 6) is 0.143. The quantitative estimate of drug-likeness (QED) is 0.749. The van der Waals surface area contributed by atoms with Crippen molar-refractivity contribution in [1.29, 1.82) is 0 Å². The van der Waals surface area contributed by atoms with Crippen molar-refractivity contribution in [3.63, 3.8) is 0 Å². The second-order valence-corrected chi connectivity index (χ2v) is 6.55. The summed E-state index contributed by atoms with van der Waals surface area (Å²) in [5, 5.41) is 2.75. The molecule has 0 bridgehead atoms. The van der Waals surface area contributed by atoms with Crippen LogP contribution in [0.2, 0.25) is 4.34 Å². The van der Waals surface area contributed by atoms with Gasteiger partial charge in [-0.2, -0.15) is 0 Å². The molecule has 1 rings (SSSR count). The lowest BCUT2D eigenvalue weighted by Crippen LogP contribution is -2.25. The molecule has 0 aromatic carbocycles. The molecular weight excluding hydrogens is 296 g/mol. The normalized spacial score (nSPS) is 10.3. The highest BCUT2D eigenvalue weighted by molar-refractivity contribution is 7.16. The predicted molar refractivity (Wildman–Crippen MR) is 83.0 cm³/mol. The molecule has 0 saturated heterocycles. The number of unbranched alkanes of at least 4 members (excludes halogenated alkanes) is 2. The van der Waals surface area contributed by atoms with Gasteiger partial charge in [-0.25, -0.2) is 0 Å². The average molecular weight is 317 g/mol. The van der Waals surface area contributed by atoms with Crippen LogP contribution < -0.4 is 5.32 Å².